The summed E-state index contributed by atoms with van der Waals surface area (Å²) in [5, 5.41) is 4.53. The van der Waals surface area contributed by atoms with Crippen LogP contribution in [0.2, 0.25) is 0 Å². The Bertz CT molecular complexity index is 659. The van der Waals surface area contributed by atoms with Crippen molar-refractivity contribution in [1.29, 1.82) is 0 Å². The molecule has 0 spiro atoms. The van der Waals surface area contributed by atoms with Crippen molar-refractivity contribution in [3.05, 3.63) is 29.8 Å². The number of rotatable bonds is 2. The highest BCUT2D eigenvalue weighted by atomic mass is 32.2. The number of carbonyl (C=O) groups excluding carboxylic acids is 1. The lowest BCUT2D eigenvalue weighted by Gasteiger charge is -2.23. The van der Waals surface area contributed by atoms with Gasteiger partial charge in [0.2, 0.25) is 0 Å². The maximum absolute atomic E-state index is 12.8. The monoisotopic (exact) mass is 336 g/mol. The summed E-state index contributed by atoms with van der Waals surface area (Å²) in [5.41, 5.74) is -1.33. The first-order chi connectivity index (χ1) is 10.2. The highest BCUT2D eigenvalue weighted by molar-refractivity contribution is 7.91. The smallest absolute Gasteiger partial charge is 0.334 e. The van der Waals surface area contributed by atoms with Gasteiger partial charge in [-0.1, -0.05) is 12.1 Å². The van der Waals surface area contributed by atoms with Gasteiger partial charge in [0.1, 0.15) is 0 Å². The highest BCUT2D eigenvalue weighted by Gasteiger charge is 2.34. The largest absolute Gasteiger partial charge is 0.418 e. The van der Waals surface area contributed by atoms with Gasteiger partial charge in [0.15, 0.2) is 9.84 Å². The Morgan fingerprint density at radius 2 is 1.91 bits per heavy atom. The molecular weight excluding hydrogens is 321 g/mol. The molecule has 1 aliphatic heterocycles. The van der Waals surface area contributed by atoms with E-state index in [2.05, 4.69) is 10.6 Å². The Balaban J connectivity index is 2.04. The van der Waals surface area contributed by atoms with Crippen molar-refractivity contribution in [1.82, 2.24) is 5.32 Å². The topological polar surface area (TPSA) is 75.3 Å². The summed E-state index contributed by atoms with van der Waals surface area (Å²) >= 11 is 0. The third-order valence-corrected chi connectivity index (χ3v) is 5.10. The van der Waals surface area contributed by atoms with E-state index in [1.54, 1.807) is 0 Å². The number of hydrogen-bond acceptors (Lipinski definition) is 3. The second-order valence-corrected chi connectivity index (χ2v) is 7.32. The molecule has 122 valence electrons. The van der Waals surface area contributed by atoms with Crippen LogP contribution in [0.4, 0.5) is 23.7 Å². The first kappa shape index (κ1) is 16.6. The van der Waals surface area contributed by atoms with Gasteiger partial charge < -0.3 is 10.6 Å². The number of urea groups is 1. The lowest BCUT2D eigenvalue weighted by atomic mass is 10.1. The number of para-hydroxylation sites is 1. The summed E-state index contributed by atoms with van der Waals surface area (Å²) in [6, 6.07) is 3.16. The summed E-state index contributed by atoms with van der Waals surface area (Å²) in [6.45, 7) is 0. The fraction of sp³-hybridized carbons (Fsp3) is 0.462. The summed E-state index contributed by atoms with van der Waals surface area (Å²) < 4.78 is 61.4. The normalized spacial score (nSPS) is 21.1. The zero-order valence-corrected chi connectivity index (χ0v) is 12.3. The summed E-state index contributed by atoms with van der Waals surface area (Å²) in [5.74, 6) is -0.120. The first-order valence-corrected chi connectivity index (χ1v) is 8.44. The third-order valence-electron chi connectivity index (χ3n) is 3.28. The molecule has 22 heavy (non-hydrogen) atoms. The minimum absolute atomic E-state index is 0.0731. The average molecular weight is 336 g/mol. The maximum atomic E-state index is 12.8. The van der Waals surface area contributed by atoms with Crippen molar-refractivity contribution in [2.75, 3.05) is 16.8 Å². The molecule has 5 nitrogen and oxygen atoms in total. The molecule has 1 heterocycles. The Morgan fingerprint density at radius 3 is 2.55 bits per heavy atom. The van der Waals surface area contributed by atoms with Gasteiger partial charge >= 0.3 is 12.2 Å². The molecule has 1 unspecified atom stereocenters. The van der Waals surface area contributed by atoms with Crippen molar-refractivity contribution >= 4 is 21.6 Å². The third kappa shape index (κ3) is 4.36. The molecule has 1 aliphatic rings. The number of sulfone groups is 1. The average Bonchev–Trinajstić information content (AvgIpc) is 2.36. The molecule has 1 fully saturated rings. The van der Waals surface area contributed by atoms with Crippen LogP contribution in [0, 0.1) is 0 Å². The quantitative estimate of drug-likeness (QED) is 0.871. The Kier molecular flexibility index (Phi) is 4.64. The van der Waals surface area contributed by atoms with Crippen molar-refractivity contribution in [2.24, 2.45) is 0 Å². The summed E-state index contributed by atoms with van der Waals surface area (Å²) in [6.07, 6.45) is -3.68. The van der Waals surface area contributed by atoms with E-state index in [-0.39, 0.29) is 17.2 Å². The molecule has 1 saturated heterocycles. The number of alkyl halides is 3. The minimum Gasteiger partial charge on any atom is -0.334 e. The Morgan fingerprint density at radius 1 is 1.23 bits per heavy atom. The number of carbonyl (C=O) groups is 1. The van der Waals surface area contributed by atoms with Crippen LogP contribution in [-0.4, -0.2) is 32.0 Å². The molecule has 2 rings (SSSR count). The molecule has 1 aromatic carbocycles. The second kappa shape index (κ2) is 6.15. The van der Waals surface area contributed by atoms with Gasteiger partial charge in [-0.15, -0.1) is 0 Å². The SMILES string of the molecule is O=C(Nc1ccccc1C(F)(F)F)NC1CCCS(=O)(=O)C1. The van der Waals surface area contributed by atoms with Gasteiger partial charge in [-0.3, -0.25) is 0 Å². The van der Waals surface area contributed by atoms with Gasteiger partial charge in [0, 0.05) is 6.04 Å². The fourth-order valence-electron chi connectivity index (χ4n) is 2.32. The number of halogens is 3. The molecule has 2 amide bonds. The Hall–Kier alpha value is -1.77. The lowest BCUT2D eigenvalue weighted by Crippen LogP contribution is -2.45. The second-order valence-electron chi connectivity index (χ2n) is 5.10. The molecule has 0 saturated carbocycles. The van der Waals surface area contributed by atoms with Crippen LogP contribution in [0.3, 0.4) is 0 Å². The highest BCUT2D eigenvalue weighted by Crippen LogP contribution is 2.34. The summed E-state index contributed by atoms with van der Waals surface area (Å²) in [4.78, 5) is 11.8. The van der Waals surface area contributed by atoms with E-state index in [0.717, 1.165) is 12.1 Å². The van der Waals surface area contributed by atoms with Crippen molar-refractivity contribution in [3.63, 3.8) is 0 Å². The van der Waals surface area contributed by atoms with Gasteiger partial charge in [0.25, 0.3) is 0 Å². The van der Waals surface area contributed by atoms with Crippen LogP contribution >= 0.6 is 0 Å². The van der Waals surface area contributed by atoms with E-state index in [9.17, 15) is 26.4 Å². The molecule has 0 bridgehead atoms. The molecule has 1 atom stereocenters. The zero-order valence-electron chi connectivity index (χ0n) is 11.5. The number of anilines is 1. The van der Waals surface area contributed by atoms with E-state index in [1.807, 2.05) is 0 Å². The maximum Gasteiger partial charge on any atom is 0.418 e. The summed E-state index contributed by atoms with van der Waals surface area (Å²) in [7, 11) is -3.20. The number of benzene rings is 1. The van der Waals surface area contributed by atoms with Gasteiger partial charge in [-0.25, -0.2) is 13.2 Å². The van der Waals surface area contributed by atoms with Gasteiger partial charge in [-0.2, -0.15) is 13.2 Å². The molecule has 9 heteroatoms. The van der Waals surface area contributed by atoms with Crippen LogP contribution in [0.15, 0.2) is 24.3 Å². The van der Waals surface area contributed by atoms with E-state index >= 15 is 0 Å². The van der Waals surface area contributed by atoms with Crippen LogP contribution in [-0.2, 0) is 16.0 Å². The number of amides is 2. The molecule has 0 aromatic heterocycles. The van der Waals surface area contributed by atoms with Crippen molar-refractivity contribution in [2.45, 2.75) is 25.1 Å². The number of nitrogens with one attached hydrogen (secondary N) is 2. The van der Waals surface area contributed by atoms with E-state index in [1.165, 1.54) is 12.1 Å². The Labute approximate surface area is 125 Å². The molecule has 2 N–H and O–H groups in total. The fourth-order valence-corrected chi connectivity index (χ4v) is 3.96. The van der Waals surface area contributed by atoms with E-state index in [4.69, 9.17) is 0 Å². The van der Waals surface area contributed by atoms with Gasteiger partial charge in [-0.05, 0) is 25.0 Å². The van der Waals surface area contributed by atoms with E-state index in [0.29, 0.717) is 12.8 Å². The predicted octanol–water partition coefficient (Wildman–Crippen LogP) is 2.40. The van der Waals surface area contributed by atoms with Crippen molar-refractivity contribution < 1.29 is 26.4 Å². The predicted molar refractivity (Wildman–Crippen MR) is 75.3 cm³/mol. The minimum atomic E-state index is -4.59. The lowest BCUT2D eigenvalue weighted by molar-refractivity contribution is -0.136. The van der Waals surface area contributed by atoms with E-state index < -0.39 is 33.6 Å². The van der Waals surface area contributed by atoms with Crippen molar-refractivity contribution in [3.8, 4) is 0 Å². The first-order valence-electron chi connectivity index (χ1n) is 6.61. The van der Waals surface area contributed by atoms with Crippen LogP contribution in [0.25, 0.3) is 0 Å². The van der Waals surface area contributed by atoms with Gasteiger partial charge in [0.05, 0.1) is 22.8 Å². The standard InChI is InChI=1S/C13H15F3N2O3S/c14-13(15,16)10-5-1-2-6-11(10)18-12(19)17-9-4-3-7-22(20,21)8-9/h1-2,5-6,9H,3-4,7-8H2,(H2,17,18,19). The van der Waals surface area contributed by atoms with Crippen LogP contribution in [0.5, 0.6) is 0 Å². The molecular formula is C13H15F3N2O3S. The molecule has 1 aromatic rings. The molecule has 0 radical (unpaired) electrons. The molecule has 0 aliphatic carbocycles. The van der Waals surface area contributed by atoms with Crippen LogP contribution < -0.4 is 10.6 Å². The zero-order chi connectivity index (χ0) is 16.4. The van der Waals surface area contributed by atoms with Crippen LogP contribution in [0.1, 0.15) is 18.4 Å². The number of hydrogen-bond donors (Lipinski definition) is 2.